The van der Waals surface area contributed by atoms with Crippen molar-refractivity contribution in [3.63, 3.8) is 0 Å². The van der Waals surface area contributed by atoms with E-state index in [-0.39, 0.29) is 26.8 Å². The second kappa shape index (κ2) is 13.0. The van der Waals surface area contributed by atoms with Crippen LogP contribution in [0.5, 0.6) is 11.5 Å². The molecule has 0 aliphatic carbocycles. The Labute approximate surface area is 251 Å². The zero-order chi connectivity index (χ0) is 30.3. The normalized spacial score (nSPS) is 11.6. The van der Waals surface area contributed by atoms with E-state index in [0.29, 0.717) is 22.4 Å². The first-order valence-corrected chi connectivity index (χ1v) is 14.6. The number of carbonyl (C=O) groups excluding carboxylic acids is 2. The van der Waals surface area contributed by atoms with Crippen molar-refractivity contribution in [2.45, 2.75) is 17.4 Å². The summed E-state index contributed by atoms with van der Waals surface area (Å²) in [4.78, 5) is 24.3. The molecule has 4 aromatic rings. The molecule has 0 heterocycles. The van der Waals surface area contributed by atoms with Gasteiger partial charge in [0.1, 0.15) is 4.90 Å². The highest BCUT2D eigenvalue weighted by molar-refractivity contribution is 9.10. The SMILES string of the molecule is COc1cc(/C=N\NC(=O)C(O)(c2ccccc2)c2ccccc2)cc(Br)c1OS(=O)(=O)c1ccc(NC(C)=O)cc1. The second-order valence-corrected chi connectivity index (χ2v) is 11.3. The van der Waals surface area contributed by atoms with Crippen LogP contribution in [0, 0.1) is 0 Å². The minimum atomic E-state index is -4.26. The van der Waals surface area contributed by atoms with Crippen LogP contribution in [-0.2, 0) is 25.3 Å². The number of rotatable bonds is 10. The van der Waals surface area contributed by atoms with Crippen molar-refractivity contribution >= 4 is 49.8 Å². The summed E-state index contributed by atoms with van der Waals surface area (Å²) in [5.74, 6) is -1.10. The number of halogens is 1. The molecular weight excluding hydrogens is 626 g/mol. The van der Waals surface area contributed by atoms with Gasteiger partial charge in [-0.3, -0.25) is 9.59 Å². The van der Waals surface area contributed by atoms with E-state index < -0.39 is 21.6 Å². The standard InChI is InChI=1S/C30H26BrN3O7S/c1-20(35)33-24-13-15-25(16-14-24)42(38,39)41-28-26(31)17-21(18-27(28)40-2)19-32-34-29(36)30(37,22-9-5-3-6-10-22)23-11-7-4-8-12-23/h3-19,37H,1-2H3,(H,33,35)(H,34,36)/b32-19-. The average molecular weight is 653 g/mol. The number of hydrogen-bond donors (Lipinski definition) is 3. The molecule has 0 saturated carbocycles. The molecule has 12 heteroatoms. The van der Waals surface area contributed by atoms with Gasteiger partial charge in [-0.1, -0.05) is 60.7 Å². The largest absolute Gasteiger partial charge is 0.493 e. The zero-order valence-corrected chi connectivity index (χ0v) is 24.8. The molecule has 0 radical (unpaired) electrons. The van der Waals surface area contributed by atoms with Crippen molar-refractivity contribution in [1.82, 2.24) is 5.43 Å². The van der Waals surface area contributed by atoms with Gasteiger partial charge in [-0.15, -0.1) is 0 Å². The predicted molar refractivity (Wildman–Crippen MR) is 161 cm³/mol. The summed E-state index contributed by atoms with van der Waals surface area (Å²) in [6, 6.07) is 25.4. The Balaban J connectivity index is 1.55. The van der Waals surface area contributed by atoms with Crippen LogP contribution in [0.25, 0.3) is 0 Å². The molecule has 10 nitrogen and oxygen atoms in total. The molecule has 216 valence electrons. The minimum absolute atomic E-state index is 0.0701. The van der Waals surface area contributed by atoms with E-state index in [1.807, 2.05) is 0 Å². The van der Waals surface area contributed by atoms with Crippen LogP contribution >= 0.6 is 15.9 Å². The summed E-state index contributed by atoms with van der Waals surface area (Å²) in [5.41, 5.74) is 1.96. The van der Waals surface area contributed by atoms with Gasteiger partial charge in [0, 0.05) is 12.6 Å². The van der Waals surface area contributed by atoms with Gasteiger partial charge in [-0.25, -0.2) is 5.43 Å². The van der Waals surface area contributed by atoms with Crippen molar-refractivity contribution in [1.29, 1.82) is 0 Å². The molecule has 0 unspecified atom stereocenters. The fraction of sp³-hybridized carbons (Fsp3) is 0.100. The minimum Gasteiger partial charge on any atom is -0.493 e. The number of benzene rings is 4. The molecule has 0 bridgehead atoms. The van der Waals surface area contributed by atoms with E-state index >= 15 is 0 Å². The predicted octanol–water partition coefficient (Wildman–Crippen LogP) is 4.57. The van der Waals surface area contributed by atoms with Gasteiger partial charge in [0.2, 0.25) is 5.91 Å². The number of methoxy groups -OCH3 is 1. The maximum Gasteiger partial charge on any atom is 0.339 e. The van der Waals surface area contributed by atoms with Gasteiger partial charge < -0.3 is 19.3 Å². The van der Waals surface area contributed by atoms with Crippen LogP contribution in [0.3, 0.4) is 0 Å². The third-order valence-corrected chi connectivity index (χ3v) is 7.82. The molecule has 3 N–H and O–H groups in total. The topological polar surface area (TPSA) is 143 Å². The third kappa shape index (κ3) is 6.85. The van der Waals surface area contributed by atoms with Crippen molar-refractivity contribution in [3.05, 3.63) is 118 Å². The summed E-state index contributed by atoms with van der Waals surface area (Å²) in [7, 11) is -2.93. The van der Waals surface area contributed by atoms with E-state index in [2.05, 4.69) is 31.8 Å². The van der Waals surface area contributed by atoms with Crippen molar-refractivity contribution in [2.24, 2.45) is 5.10 Å². The quantitative estimate of drug-likeness (QED) is 0.129. The molecule has 4 aromatic carbocycles. The number of carbonyl (C=O) groups is 2. The lowest BCUT2D eigenvalue weighted by molar-refractivity contribution is -0.136. The number of anilines is 1. The molecule has 4 rings (SSSR count). The Kier molecular flexibility index (Phi) is 9.41. The van der Waals surface area contributed by atoms with E-state index in [9.17, 15) is 23.1 Å². The Hall–Kier alpha value is -4.52. The van der Waals surface area contributed by atoms with Crippen molar-refractivity contribution in [3.8, 4) is 11.5 Å². The number of ether oxygens (including phenoxy) is 1. The summed E-state index contributed by atoms with van der Waals surface area (Å²) in [6.07, 6.45) is 1.31. The fourth-order valence-electron chi connectivity index (χ4n) is 4.00. The first-order chi connectivity index (χ1) is 20.0. The summed E-state index contributed by atoms with van der Waals surface area (Å²) < 4.78 is 36.8. The average Bonchev–Trinajstić information content (AvgIpc) is 2.98. The number of hydrazone groups is 1. The van der Waals surface area contributed by atoms with Gasteiger partial charge >= 0.3 is 10.1 Å². The molecule has 2 amide bonds. The van der Waals surface area contributed by atoms with E-state index in [0.717, 1.165) is 0 Å². The fourth-order valence-corrected chi connectivity index (χ4v) is 5.60. The lowest BCUT2D eigenvalue weighted by Crippen LogP contribution is -2.43. The Morgan fingerprint density at radius 1 is 0.929 bits per heavy atom. The maximum absolute atomic E-state index is 13.2. The molecule has 0 aromatic heterocycles. The van der Waals surface area contributed by atoms with Crippen LogP contribution in [0.4, 0.5) is 5.69 Å². The van der Waals surface area contributed by atoms with Gasteiger partial charge in [-0.2, -0.15) is 13.5 Å². The highest BCUT2D eigenvalue weighted by atomic mass is 79.9. The number of amides is 2. The van der Waals surface area contributed by atoms with Crippen molar-refractivity contribution in [2.75, 3.05) is 12.4 Å². The van der Waals surface area contributed by atoms with E-state index in [4.69, 9.17) is 8.92 Å². The first kappa shape index (κ1) is 30.4. The molecule has 0 saturated heterocycles. The molecular formula is C30H26BrN3O7S. The second-order valence-electron chi connectivity index (χ2n) is 8.92. The number of hydrogen-bond acceptors (Lipinski definition) is 8. The Morgan fingerprint density at radius 2 is 1.50 bits per heavy atom. The van der Waals surface area contributed by atoms with Crippen LogP contribution < -0.4 is 19.7 Å². The lowest BCUT2D eigenvalue weighted by Gasteiger charge is -2.27. The van der Waals surface area contributed by atoms with E-state index in [1.54, 1.807) is 60.7 Å². The summed E-state index contributed by atoms with van der Waals surface area (Å²) in [5, 5.41) is 18.1. The highest BCUT2D eigenvalue weighted by Crippen LogP contribution is 2.38. The molecule has 0 spiro atoms. The third-order valence-electron chi connectivity index (χ3n) is 6.00. The molecule has 42 heavy (non-hydrogen) atoms. The first-order valence-electron chi connectivity index (χ1n) is 12.4. The van der Waals surface area contributed by atoms with Gasteiger partial charge in [0.05, 0.1) is 17.8 Å². The highest BCUT2D eigenvalue weighted by Gasteiger charge is 2.39. The van der Waals surface area contributed by atoms with Crippen LogP contribution in [0.1, 0.15) is 23.6 Å². The monoisotopic (exact) mass is 651 g/mol. The number of aliphatic hydroxyl groups is 1. The molecule has 0 aliphatic rings. The summed E-state index contributed by atoms with van der Waals surface area (Å²) >= 11 is 3.31. The van der Waals surface area contributed by atoms with Gasteiger partial charge in [0.15, 0.2) is 17.1 Å². The van der Waals surface area contributed by atoms with Gasteiger partial charge in [0.25, 0.3) is 5.91 Å². The van der Waals surface area contributed by atoms with Crippen LogP contribution in [0.15, 0.2) is 112 Å². The lowest BCUT2D eigenvalue weighted by atomic mass is 9.85. The number of nitrogens with zero attached hydrogens (tertiary/aromatic N) is 1. The van der Waals surface area contributed by atoms with Crippen LogP contribution in [-0.4, -0.2) is 38.7 Å². The van der Waals surface area contributed by atoms with Gasteiger partial charge in [-0.05, 0) is 69.0 Å². The maximum atomic E-state index is 13.2. The molecule has 0 aliphatic heterocycles. The number of nitrogens with one attached hydrogen (secondary N) is 2. The Bertz CT molecular complexity index is 1670. The molecule has 0 fully saturated rings. The zero-order valence-electron chi connectivity index (χ0n) is 22.4. The Morgan fingerprint density at radius 3 is 2.02 bits per heavy atom. The van der Waals surface area contributed by atoms with Crippen molar-refractivity contribution < 1.29 is 32.0 Å². The summed E-state index contributed by atoms with van der Waals surface area (Å²) in [6.45, 7) is 1.34. The smallest absolute Gasteiger partial charge is 0.339 e. The van der Waals surface area contributed by atoms with E-state index in [1.165, 1.54) is 56.6 Å². The molecule has 0 atom stereocenters. The van der Waals surface area contributed by atoms with Crippen LogP contribution in [0.2, 0.25) is 0 Å².